The van der Waals surface area contributed by atoms with Crippen LogP contribution in [0.1, 0.15) is 39.2 Å². The summed E-state index contributed by atoms with van der Waals surface area (Å²) in [6.45, 7) is 10.1. The van der Waals surface area contributed by atoms with Crippen molar-refractivity contribution in [3.63, 3.8) is 0 Å². The van der Waals surface area contributed by atoms with E-state index in [1.807, 2.05) is 0 Å². The number of hydrogen-bond donors (Lipinski definition) is 1. The lowest BCUT2D eigenvalue weighted by Crippen LogP contribution is -2.25. The van der Waals surface area contributed by atoms with Crippen LogP contribution in [0.3, 0.4) is 0 Å². The normalized spacial score (nSPS) is 19.8. The van der Waals surface area contributed by atoms with Crippen molar-refractivity contribution in [2.24, 2.45) is 5.92 Å². The van der Waals surface area contributed by atoms with Gasteiger partial charge in [-0.1, -0.05) is 45.4 Å². The van der Waals surface area contributed by atoms with Gasteiger partial charge in [0.1, 0.15) is 0 Å². The molecule has 1 saturated heterocycles. The first kappa shape index (κ1) is 13.4. The molecule has 1 N–H and O–H groups in total. The second kappa shape index (κ2) is 6.24. The summed E-state index contributed by atoms with van der Waals surface area (Å²) in [6, 6.07) is 9.38. The van der Waals surface area contributed by atoms with Gasteiger partial charge in [0.05, 0.1) is 0 Å². The SMILES string of the molecule is CCC1CCN(c2ccccc2CNC(C)C)C1. The molecule has 1 aromatic carbocycles. The van der Waals surface area contributed by atoms with Crippen molar-refractivity contribution >= 4 is 5.69 Å². The smallest absolute Gasteiger partial charge is 0.0411 e. The Hall–Kier alpha value is -1.02. The quantitative estimate of drug-likeness (QED) is 0.856. The minimum absolute atomic E-state index is 0.542. The molecule has 1 heterocycles. The van der Waals surface area contributed by atoms with Crippen molar-refractivity contribution in [3.05, 3.63) is 29.8 Å². The van der Waals surface area contributed by atoms with Gasteiger partial charge in [-0.2, -0.15) is 0 Å². The van der Waals surface area contributed by atoms with Crippen LogP contribution >= 0.6 is 0 Å². The van der Waals surface area contributed by atoms with E-state index in [2.05, 4.69) is 55.3 Å². The van der Waals surface area contributed by atoms with Crippen molar-refractivity contribution in [3.8, 4) is 0 Å². The Labute approximate surface area is 111 Å². The van der Waals surface area contributed by atoms with E-state index in [9.17, 15) is 0 Å². The fourth-order valence-corrected chi connectivity index (χ4v) is 2.67. The summed E-state index contributed by atoms with van der Waals surface area (Å²) < 4.78 is 0. The van der Waals surface area contributed by atoms with Crippen LogP contribution in [0.2, 0.25) is 0 Å². The Morgan fingerprint density at radius 3 is 2.78 bits per heavy atom. The molecule has 0 amide bonds. The molecular weight excluding hydrogens is 220 g/mol. The van der Waals surface area contributed by atoms with Gasteiger partial charge in [-0.3, -0.25) is 0 Å². The Morgan fingerprint density at radius 1 is 1.33 bits per heavy atom. The highest BCUT2D eigenvalue weighted by molar-refractivity contribution is 5.54. The van der Waals surface area contributed by atoms with Crippen molar-refractivity contribution in [1.82, 2.24) is 5.32 Å². The summed E-state index contributed by atoms with van der Waals surface area (Å²) in [7, 11) is 0. The molecule has 1 aliphatic heterocycles. The minimum atomic E-state index is 0.542. The zero-order valence-corrected chi connectivity index (χ0v) is 11.9. The third-order valence-electron chi connectivity index (χ3n) is 3.90. The monoisotopic (exact) mass is 246 g/mol. The largest absolute Gasteiger partial charge is 0.371 e. The standard InChI is InChI=1S/C16H26N2/c1-4-14-9-10-18(12-14)16-8-6-5-7-15(16)11-17-13(2)3/h5-8,13-14,17H,4,9-12H2,1-3H3. The first-order chi connectivity index (χ1) is 8.70. The number of anilines is 1. The average molecular weight is 246 g/mol. The minimum Gasteiger partial charge on any atom is -0.371 e. The fraction of sp³-hybridized carbons (Fsp3) is 0.625. The van der Waals surface area contributed by atoms with E-state index in [-0.39, 0.29) is 0 Å². The molecule has 0 saturated carbocycles. The second-order valence-electron chi connectivity index (χ2n) is 5.67. The van der Waals surface area contributed by atoms with E-state index in [1.165, 1.54) is 37.2 Å². The topological polar surface area (TPSA) is 15.3 Å². The molecule has 1 unspecified atom stereocenters. The van der Waals surface area contributed by atoms with Crippen molar-refractivity contribution in [1.29, 1.82) is 0 Å². The molecular formula is C16H26N2. The molecule has 2 nitrogen and oxygen atoms in total. The highest BCUT2D eigenvalue weighted by Gasteiger charge is 2.22. The molecule has 0 aliphatic carbocycles. The predicted molar refractivity (Wildman–Crippen MR) is 79.0 cm³/mol. The van der Waals surface area contributed by atoms with Crippen molar-refractivity contribution in [2.45, 2.75) is 46.2 Å². The van der Waals surface area contributed by atoms with E-state index in [1.54, 1.807) is 0 Å². The highest BCUT2D eigenvalue weighted by atomic mass is 15.2. The molecule has 1 atom stereocenters. The van der Waals surface area contributed by atoms with Gasteiger partial charge in [0.2, 0.25) is 0 Å². The summed E-state index contributed by atoms with van der Waals surface area (Å²) in [5, 5.41) is 3.52. The average Bonchev–Trinajstić information content (AvgIpc) is 2.85. The van der Waals surface area contributed by atoms with Crippen LogP contribution in [0.15, 0.2) is 24.3 Å². The van der Waals surface area contributed by atoms with Crippen LogP contribution in [0.25, 0.3) is 0 Å². The summed E-state index contributed by atoms with van der Waals surface area (Å²) in [4.78, 5) is 2.56. The summed E-state index contributed by atoms with van der Waals surface area (Å²) in [5.74, 6) is 0.885. The zero-order chi connectivity index (χ0) is 13.0. The lowest BCUT2D eigenvalue weighted by molar-refractivity contribution is 0.568. The molecule has 1 aliphatic rings. The second-order valence-corrected chi connectivity index (χ2v) is 5.67. The Morgan fingerprint density at radius 2 is 2.11 bits per heavy atom. The number of nitrogens with zero attached hydrogens (tertiary/aromatic N) is 1. The highest BCUT2D eigenvalue weighted by Crippen LogP contribution is 2.28. The van der Waals surface area contributed by atoms with Crippen LogP contribution < -0.4 is 10.2 Å². The molecule has 2 heteroatoms. The maximum atomic E-state index is 3.52. The lowest BCUT2D eigenvalue weighted by Gasteiger charge is -2.22. The summed E-state index contributed by atoms with van der Waals surface area (Å²) >= 11 is 0. The first-order valence-electron chi connectivity index (χ1n) is 7.27. The predicted octanol–water partition coefficient (Wildman–Crippen LogP) is 3.42. The molecule has 18 heavy (non-hydrogen) atoms. The van der Waals surface area contributed by atoms with Gasteiger partial charge in [0, 0.05) is 31.4 Å². The van der Waals surface area contributed by atoms with Crippen LogP contribution in [-0.4, -0.2) is 19.1 Å². The van der Waals surface area contributed by atoms with Gasteiger partial charge in [0.15, 0.2) is 0 Å². The summed E-state index contributed by atoms with van der Waals surface area (Å²) in [6.07, 6.45) is 2.66. The molecule has 2 rings (SSSR count). The van der Waals surface area contributed by atoms with Crippen LogP contribution in [0.4, 0.5) is 5.69 Å². The number of benzene rings is 1. The Bertz CT molecular complexity index is 373. The third-order valence-corrected chi connectivity index (χ3v) is 3.90. The molecule has 100 valence electrons. The van der Waals surface area contributed by atoms with Crippen LogP contribution in [-0.2, 0) is 6.54 Å². The Balaban J connectivity index is 2.07. The number of rotatable bonds is 5. The number of hydrogen-bond acceptors (Lipinski definition) is 2. The van der Waals surface area contributed by atoms with Gasteiger partial charge in [-0.05, 0) is 24.0 Å². The van der Waals surface area contributed by atoms with Crippen molar-refractivity contribution < 1.29 is 0 Å². The molecule has 0 radical (unpaired) electrons. The fourth-order valence-electron chi connectivity index (χ4n) is 2.67. The summed E-state index contributed by atoms with van der Waals surface area (Å²) in [5.41, 5.74) is 2.87. The van der Waals surface area contributed by atoms with E-state index in [0.717, 1.165) is 12.5 Å². The van der Waals surface area contributed by atoms with E-state index in [0.29, 0.717) is 6.04 Å². The molecule has 1 aromatic rings. The maximum Gasteiger partial charge on any atom is 0.0411 e. The van der Waals surface area contributed by atoms with Crippen LogP contribution in [0.5, 0.6) is 0 Å². The van der Waals surface area contributed by atoms with Gasteiger partial charge in [-0.15, -0.1) is 0 Å². The number of nitrogens with one attached hydrogen (secondary N) is 1. The van der Waals surface area contributed by atoms with E-state index >= 15 is 0 Å². The molecule has 0 bridgehead atoms. The Kier molecular flexibility index (Phi) is 4.65. The molecule has 0 aromatic heterocycles. The van der Waals surface area contributed by atoms with E-state index < -0.39 is 0 Å². The molecule has 1 fully saturated rings. The van der Waals surface area contributed by atoms with Crippen molar-refractivity contribution in [2.75, 3.05) is 18.0 Å². The number of para-hydroxylation sites is 1. The zero-order valence-electron chi connectivity index (χ0n) is 11.9. The molecule has 0 spiro atoms. The van der Waals surface area contributed by atoms with E-state index in [4.69, 9.17) is 0 Å². The van der Waals surface area contributed by atoms with Crippen LogP contribution in [0, 0.1) is 5.92 Å². The van der Waals surface area contributed by atoms with Gasteiger partial charge in [-0.25, -0.2) is 0 Å². The maximum absolute atomic E-state index is 3.52. The van der Waals surface area contributed by atoms with Gasteiger partial charge < -0.3 is 10.2 Å². The third kappa shape index (κ3) is 3.26. The first-order valence-corrected chi connectivity index (χ1v) is 7.27. The van der Waals surface area contributed by atoms with Gasteiger partial charge >= 0.3 is 0 Å². The van der Waals surface area contributed by atoms with Gasteiger partial charge in [0.25, 0.3) is 0 Å². The lowest BCUT2D eigenvalue weighted by atomic mass is 10.1.